The van der Waals surface area contributed by atoms with Gasteiger partial charge in [-0.05, 0) is 30.5 Å². The van der Waals surface area contributed by atoms with E-state index in [0.717, 1.165) is 4.57 Å². The molecule has 1 aliphatic rings. The zero-order chi connectivity index (χ0) is 22.1. The Morgan fingerprint density at radius 3 is 2.57 bits per heavy atom. The van der Waals surface area contributed by atoms with Crippen LogP contribution in [0.2, 0.25) is 0 Å². The van der Waals surface area contributed by atoms with Crippen LogP contribution in [-0.2, 0) is 29.5 Å². The van der Waals surface area contributed by atoms with Crippen molar-refractivity contribution in [2.45, 2.75) is 25.4 Å². The summed E-state index contributed by atoms with van der Waals surface area (Å²) in [5, 5.41) is 20.4. The highest BCUT2D eigenvalue weighted by Crippen LogP contribution is 2.35. The van der Waals surface area contributed by atoms with E-state index >= 15 is 0 Å². The van der Waals surface area contributed by atoms with Gasteiger partial charge in [0.2, 0.25) is 5.91 Å². The van der Waals surface area contributed by atoms with E-state index < -0.39 is 40.5 Å². The number of hydrogen-bond donors (Lipinski definition) is 3. The molecule has 2 atom stereocenters. The minimum absolute atomic E-state index is 0.0445. The average molecular weight is 419 g/mol. The van der Waals surface area contributed by atoms with Crippen molar-refractivity contribution in [3.05, 3.63) is 68.2 Å². The number of aliphatic carboxylic acids is 1. The molecule has 160 valence electrons. The molecular formula is C20H22FN3O6. The van der Waals surface area contributed by atoms with Crippen molar-refractivity contribution in [3.8, 4) is 0 Å². The minimum atomic E-state index is -1.66. The van der Waals surface area contributed by atoms with Crippen molar-refractivity contribution in [1.29, 1.82) is 0 Å². The number of hydrogen-bond acceptors (Lipinski definition) is 5. The fourth-order valence-corrected chi connectivity index (χ4v) is 3.73. The summed E-state index contributed by atoms with van der Waals surface area (Å²) in [6, 6.07) is 5.29. The van der Waals surface area contributed by atoms with Gasteiger partial charge in [-0.25, -0.2) is 9.18 Å². The van der Waals surface area contributed by atoms with Gasteiger partial charge in [0.25, 0.3) is 5.56 Å². The van der Waals surface area contributed by atoms with Gasteiger partial charge in [0.1, 0.15) is 11.2 Å². The van der Waals surface area contributed by atoms with E-state index in [1.165, 1.54) is 42.4 Å². The molecule has 0 spiro atoms. The molecule has 1 aromatic carbocycles. The highest BCUT2D eigenvalue weighted by Gasteiger charge is 2.50. The maximum atomic E-state index is 13.2. The lowest BCUT2D eigenvalue weighted by atomic mass is 9.72. The molecule has 1 amide bonds. The van der Waals surface area contributed by atoms with Crippen molar-refractivity contribution >= 4 is 11.9 Å². The molecule has 0 bridgehead atoms. The third-order valence-electron chi connectivity index (χ3n) is 5.59. The van der Waals surface area contributed by atoms with Crippen molar-refractivity contribution in [2.75, 3.05) is 13.1 Å². The number of halogens is 1. The fraction of sp³-hybridized carbons (Fsp3) is 0.400. The van der Waals surface area contributed by atoms with Gasteiger partial charge in [-0.2, -0.15) is 0 Å². The van der Waals surface area contributed by atoms with Crippen LogP contribution >= 0.6 is 0 Å². The Balaban J connectivity index is 1.85. The minimum Gasteiger partial charge on any atom is -0.481 e. The molecule has 2 heterocycles. The van der Waals surface area contributed by atoms with E-state index in [1.54, 1.807) is 0 Å². The number of amides is 1. The Labute approximate surface area is 170 Å². The summed E-state index contributed by atoms with van der Waals surface area (Å²) in [5.41, 5.74) is -2.29. The number of aromatic nitrogens is 2. The standard InChI is InChI=1S/C20H22FN3O6/c1-23-17(27)13(10-22-19(23)30)8-16(26)24-7-6-15(25)20(11-24,18(28)29)9-12-2-4-14(21)5-3-12/h2-5,10,15,25H,6-9,11H2,1H3,(H,22,30)(H,28,29)/t15-,20-/m1/s1. The van der Waals surface area contributed by atoms with Gasteiger partial charge in [-0.15, -0.1) is 0 Å². The molecule has 1 saturated heterocycles. The van der Waals surface area contributed by atoms with Gasteiger partial charge in [0, 0.05) is 31.9 Å². The number of carboxylic acids is 1. The Bertz CT molecular complexity index is 1080. The molecule has 1 aliphatic heterocycles. The number of benzene rings is 1. The summed E-state index contributed by atoms with van der Waals surface area (Å²) in [6.07, 6.45) is -0.391. The van der Waals surface area contributed by atoms with Crippen molar-refractivity contribution in [3.63, 3.8) is 0 Å². The van der Waals surface area contributed by atoms with Gasteiger partial charge < -0.3 is 20.1 Å². The number of aliphatic hydroxyl groups excluding tert-OH is 1. The number of H-pyrrole nitrogens is 1. The van der Waals surface area contributed by atoms with Crippen LogP contribution in [0.15, 0.2) is 40.1 Å². The highest BCUT2D eigenvalue weighted by molar-refractivity contribution is 5.82. The van der Waals surface area contributed by atoms with Crippen LogP contribution in [0.4, 0.5) is 4.39 Å². The van der Waals surface area contributed by atoms with Crippen molar-refractivity contribution in [2.24, 2.45) is 12.5 Å². The molecule has 30 heavy (non-hydrogen) atoms. The summed E-state index contributed by atoms with van der Waals surface area (Å²) in [6.45, 7) is -0.133. The van der Waals surface area contributed by atoms with Crippen LogP contribution in [0.1, 0.15) is 17.5 Å². The predicted molar refractivity (Wildman–Crippen MR) is 103 cm³/mol. The van der Waals surface area contributed by atoms with Crippen LogP contribution in [0.25, 0.3) is 0 Å². The first-order valence-electron chi connectivity index (χ1n) is 9.35. The van der Waals surface area contributed by atoms with Crippen molar-refractivity contribution < 1.29 is 24.2 Å². The van der Waals surface area contributed by atoms with Crippen LogP contribution in [0.3, 0.4) is 0 Å². The summed E-state index contributed by atoms with van der Waals surface area (Å²) >= 11 is 0. The number of likely N-dealkylation sites (tertiary alicyclic amines) is 1. The number of nitrogens with one attached hydrogen (secondary N) is 1. The molecule has 3 N–H and O–H groups in total. The smallest absolute Gasteiger partial charge is 0.328 e. The number of aromatic amines is 1. The lowest BCUT2D eigenvalue weighted by Gasteiger charge is -2.43. The lowest BCUT2D eigenvalue weighted by Crippen LogP contribution is -2.58. The molecule has 0 aliphatic carbocycles. The highest BCUT2D eigenvalue weighted by atomic mass is 19.1. The Kier molecular flexibility index (Phi) is 5.88. The second-order valence-corrected chi connectivity index (χ2v) is 7.54. The number of carbonyl (C=O) groups excluding carboxylic acids is 1. The third-order valence-corrected chi connectivity index (χ3v) is 5.59. The molecular weight excluding hydrogens is 397 g/mol. The lowest BCUT2D eigenvalue weighted by molar-refractivity contribution is -0.165. The van der Waals surface area contributed by atoms with E-state index in [-0.39, 0.29) is 37.9 Å². The first-order chi connectivity index (χ1) is 14.1. The van der Waals surface area contributed by atoms with Crippen LogP contribution in [0.5, 0.6) is 0 Å². The van der Waals surface area contributed by atoms with Crippen LogP contribution < -0.4 is 11.2 Å². The molecule has 3 rings (SSSR count). The maximum absolute atomic E-state index is 13.2. The number of rotatable bonds is 5. The number of nitrogens with zero attached hydrogens (tertiary/aromatic N) is 2. The molecule has 9 nitrogen and oxygen atoms in total. The molecule has 0 radical (unpaired) electrons. The summed E-state index contributed by atoms with van der Waals surface area (Å²) in [5.74, 6) is -2.22. The van der Waals surface area contributed by atoms with Gasteiger partial charge in [-0.1, -0.05) is 12.1 Å². The first-order valence-corrected chi connectivity index (χ1v) is 9.35. The summed E-state index contributed by atoms with van der Waals surface area (Å²) in [4.78, 5) is 52.3. The van der Waals surface area contributed by atoms with E-state index in [2.05, 4.69) is 4.98 Å². The number of aliphatic hydroxyl groups is 1. The second-order valence-electron chi connectivity index (χ2n) is 7.54. The molecule has 10 heteroatoms. The molecule has 1 fully saturated rings. The SMILES string of the molecule is Cn1c(=O)[nH]cc(CC(=O)N2CC[C@@H](O)[C@](Cc3ccc(F)cc3)(C(=O)O)C2)c1=O. The normalized spacial score (nSPS) is 21.4. The Morgan fingerprint density at radius 2 is 1.93 bits per heavy atom. The first kappa shape index (κ1) is 21.4. The van der Waals surface area contributed by atoms with E-state index in [0.29, 0.717) is 5.56 Å². The van der Waals surface area contributed by atoms with Gasteiger partial charge in [0.15, 0.2) is 0 Å². The largest absolute Gasteiger partial charge is 0.481 e. The quantitative estimate of drug-likeness (QED) is 0.608. The average Bonchev–Trinajstić information content (AvgIpc) is 2.71. The van der Waals surface area contributed by atoms with Crippen LogP contribution in [-0.4, -0.2) is 55.7 Å². The zero-order valence-corrected chi connectivity index (χ0v) is 16.3. The monoisotopic (exact) mass is 419 g/mol. The van der Waals surface area contributed by atoms with E-state index in [1.807, 2.05) is 0 Å². The van der Waals surface area contributed by atoms with Gasteiger partial charge in [-0.3, -0.25) is 19.0 Å². The molecule has 2 aromatic rings. The Hall–Kier alpha value is -3.27. The topological polar surface area (TPSA) is 133 Å². The van der Waals surface area contributed by atoms with Crippen molar-refractivity contribution in [1.82, 2.24) is 14.5 Å². The third kappa shape index (κ3) is 4.04. The molecule has 0 unspecified atom stereocenters. The maximum Gasteiger partial charge on any atom is 0.328 e. The molecule has 0 saturated carbocycles. The Morgan fingerprint density at radius 1 is 1.27 bits per heavy atom. The number of piperidine rings is 1. The van der Waals surface area contributed by atoms with Gasteiger partial charge >= 0.3 is 11.7 Å². The fourth-order valence-electron chi connectivity index (χ4n) is 3.73. The zero-order valence-electron chi connectivity index (χ0n) is 16.3. The summed E-state index contributed by atoms with van der Waals surface area (Å²) in [7, 11) is 1.28. The number of carbonyl (C=O) groups is 2. The predicted octanol–water partition coefficient (Wildman–Crippen LogP) is -0.338. The molecule has 1 aromatic heterocycles. The van der Waals surface area contributed by atoms with Crippen LogP contribution in [0, 0.1) is 11.2 Å². The second kappa shape index (κ2) is 8.23. The van der Waals surface area contributed by atoms with E-state index in [9.17, 15) is 33.8 Å². The van der Waals surface area contributed by atoms with E-state index in [4.69, 9.17) is 0 Å². The van der Waals surface area contributed by atoms with Gasteiger partial charge in [0.05, 0.1) is 12.5 Å². The summed E-state index contributed by atoms with van der Waals surface area (Å²) < 4.78 is 14.0. The number of carboxylic acid groups (broad SMARTS) is 1.